The highest BCUT2D eigenvalue weighted by Crippen LogP contribution is 2.35. The zero-order chi connectivity index (χ0) is 20.4. The van der Waals surface area contributed by atoms with E-state index in [0.29, 0.717) is 23.9 Å². The molecule has 0 bridgehead atoms. The summed E-state index contributed by atoms with van der Waals surface area (Å²) in [6, 6.07) is 5.13. The number of thioether (sulfide) groups is 1. The Morgan fingerprint density at radius 1 is 1.10 bits per heavy atom. The molecule has 4 nitrogen and oxygen atoms in total. The molecule has 1 aliphatic carbocycles. The van der Waals surface area contributed by atoms with Gasteiger partial charge in [-0.05, 0) is 49.1 Å². The first-order valence-electron chi connectivity index (χ1n) is 9.70. The second-order valence-corrected chi connectivity index (χ2v) is 8.84. The van der Waals surface area contributed by atoms with Crippen molar-refractivity contribution in [3.05, 3.63) is 47.5 Å². The van der Waals surface area contributed by atoms with Gasteiger partial charge in [0.2, 0.25) is 5.82 Å². The molecule has 0 amide bonds. The SMILES string of the molecule is Fc1c(NCC2CCCS2)ncnc1N(Cc1ccc(C(F)(F)F)cc1)C1CC1. The number of rotatable bonds is 7. The van der Waals surface area contributed by atoms with Gasteiger partial charge in [-0.3, -0.25) is 0 Å². The van der Waals surface area contributed by atoms with Crippen molar-refractivity contribution in [3.8, 4) is 0 Å². The van der Waals surface area contributed by atoms with E-state index in [4.69, 9.17) is 0 Å². The van der Waals surface area contributed by atoms with Crippen LogP contribution in [-0.2, 0) is 12.7 Å². The van der Waals surface area contributed by atoms with E-state index in [1.54, 1.807) is 0 Å². The van der Waals surface area contributed by atoms with Crippen LogP contribution in [0, 0.1) is 5.82 Å². The summed E-state index contributed by atoms with van der Waals surface area (Å²) in [4.78, 5) is 10.0. The van der Waals surface area contributed by atoms with E-state index in [1.165, 1.54) is 24.9 Å². The summed E-state index contributed by atoms with van der Waals surface area (Å²) in [7, 11) is 0. The van der Waals surface area contributed by atoms with Gasteiger partial charge in [0.25, 0.3) is 0 Å². The lowest BCUT2D eigenvalue weighted by molar-refractivity contribution is -0.137. The fourth-order valence-electron chi connectivity index (χ4n) is 3.46. The molecule has 1 aliphatic heterocycles. The standard InChI is InChI=1S/C20H22F4N4S/c21-17-18(25-10-16-2-1-9-29-16)26-12-27-19(17)28(15-7-8-15)11-13-3-5-14(6-4-13)20(22,23)24/h3-6,12,15-16H,1-2,7-11H2,(H,25,26,27). The number of benzene rings is 1. The topological polar surface area (TPSA) is 41.1 Å². The molecule has 1 saturated carbocycles. The molecular formula is C20H22F4N4S. The van der Waals surface area contributed by atoms with Gasteiger partial charge in [0.1, 0.15) is 6.33 Å². The molecule has 2 heterocycles. The smallest absolute Gasteiger partial charge is 0.366 e. The van der Waals surface area contributed by atoms with E-state index in [1.807, 2.05) is 16.7 Å². The van der Waals surface area contributed by atoms with Gasteiger partial charge in [0, 0.05) is 24.4 Å². The number of hydrogen-bond acceptors (Lipinski definition) is 5. The third-order valence-corrected chi connectivity index (χ3v) is 6.58. The number of anilines is 2. The molecule has 4 rings (SSSR count). The quantitative estimate of drug-likeness (QED) is 0.623. The Morgan fingerprint density at radius 2 is 1.86 bits per heavy atom. The minimum atomic E-state index is -4.37. The van der Waals surface area contributed by atoms with Crippen molar-refractivity contribution in [1.29, 1.82) is 0 Å². The molecule has 156 valence electrons. The molecule has 2 aliphatic rings. The molecule has 1 N–H and O–H groups in total. The number of alkyl halides is 3. The number of hydrogen-bond donors (Lipinski definition) is 1. The summed E-state index contributed by atoms with van der Waals surface area (Å²) in [6.45, 7) is 0.953. The van der Waals surface area contributed by atoms with Crippen LogP contribution in [0.3, 0.4) is 0 Å². The molecule has 1 aromatic heterocycles. The first-order chi connectivity index (χ1) is 13.9. The van der Waals surface area contributed by atoms with E-state index in [-0.39, 0.29) is 17.7 Å². The van der Waals surface area contributed by atoms with Crippen molar-refractivity contribution in [1.82, 2.24) is 9.97 Å². The van der Waals surface area contributed by atoms with Crippen LogP contribution in [0.4, 0.5) is 29.2 Å². The van der Waals surface area contributed by atoms with E-state index >= 15 is 4.39 Å². The van der Waals surface area contributed by atoms with E-state index in [0.717, 1.165) is 37.1 Å². The molecular weight excluding hydrogens is 404 g/mol. The predicted molar refractivity (Wildman–Crippen MR) is 107 cm³/mol. The van der Waals surface area contributed by atoms with Gasteiger partial charge in [-0.15, -0.1) is 0 Å². The second kappa shape index (κ2) is 8.38. The van der Waals surface area contributed by atoms with Crippen LogP contribution in [-0.4, -0.2) is 33.6 Å². The summed E-state index contributed by atoms with van der Waals surface area (Å²) in [5, 5.41) is 3.56. The lowest BCUT2D eigenvalue weighted by Crippen LogP contribution is -2.28. The van der Waals surface area contributed by atoms with Crippen molar-refractivity contribution in [2.24, 2.45) is 0 Å². The van der Waals surface area contributed by atoms with Crippen molar-refractivity contribution in [2.75, 3.05) is 22.5 Å². The van der Waals surface area contributed by atoms with Gasteiger partial charge in [-0.25, -0.2) is 9.97 Å². The monoisotopic (exact) mass is 426 g/mol. The highest BCUT2D eigenvalue weighted by Gasteiger charge is 2.33. The molecule has 2 fully saturated rings. The molecule has 1 saturated heterocycles. The van der Waals surface area contributed by atoms with Crippen molar-refractivity contribution in [3.63, 3.8) is 0 Å². The van der Waals surface area contributed by atoms with Crippen LogP contribution in [0.2, 0.25) is 0 Å². The van der Waals surface area contributed by atoms with Gasteiger partial charge >= 0.3 is 6.18 Å². The molecule has 9 heteroatoms. The zero-order valence-electron chi connectivity index (χ0n) is 15.8. The number of halogens is 4. The Hall–Kier alpha value is -2.03. The second-order valence-electron chi connectivity index (χ2n) is 7.43. The maximum absolute atomic E-state index is 15.1. The van der Waals surface area contributed by atoms with Crippen LogP contribution >= 0.6 is 11.8 Å². The summed E-state index contributed by atoms with van der Waals surface area (Å²) >= 11 is 1.88. The van der Waals surface area contributed by atoms with Crippen LogP contribution in [0.1, 0.15) is 36.8 Å². The maximum Gasteiger partial charge on any atom is 0.416 e. The minimum Gasteiger partial charge on any atom is -0.366 e. The summed E-state index contributed by atoms with van der Waals surface area (Å²) in [6.07, 6.45) is 1.07. The van der Waals surface area contributed by atoms with Crippen molar-refractivity contribution < 1.29 is 17.6 Å². The maximum atomic E-state index is 15.1. The number of nitrogens with zero attached hydrogens (tertiary/aromatic N) is 3. The van der Waals surface area contributed by atoms with Crippen LogP contribution in [0.15, 0.2) is 30.6 Å². The van der Waals surface area contributed by atoms with Gasteiger partial charge in [-0.2, -0.15) is 29.3 Å². The van der Waals surface area contributed by atoms with Crippen LogP contribution in [0.25, 0.3) is 0 Å². The zero-order valence-corrected chi connectivity index (χ0v) is 16.6. The molecule has 1 unspecified atom stereocenters. The minimum absolute atomic E-state index is 0.139. The fourth-order valence-corrected chi connectivity index (χ4v) is 4.66. The van der Waals surface area contributed by atoms with Crippen molar-refractivity contribution >= 4 is 23.4 Å². The molecule has 1 aromatic carbocycles. The Kier molecular flexibility index (Phi) is 5.85. The number of aromatic nitrogens is 2. The van der Waals surface area contributed by atoms with Gasteiger partial charge in [-0.1, -0.05) is 12.1 Å². The third-order valence-electron chi connectivity index (χ3n) is 5.19. The average molecular weight is 426 g/mol. The van der Waals surface area contributed by atoms with E-state index in [2.05, 4.69) is 15.3 Å². The predicted octanol–water partition coefficient (Wildman–Crippen LogP) is 5.11. The number of nitrogens with one attached hydrogen (secondary N) is 1. The van der Waals surface area contributed by atoms with Crippen LogP contribution in [0.5, 0.6) is 0 Å². The Labute approximate surface area is 171 Å². The van der Waals surface area contributed by atoms with Gasteiger partial charge in [0.05, 0.1) is 5.56 Å². The Bertz CT molecular complexity index is 833. The third kappa shape index (κ3) is 4.94. The first-order valence-corrected chi connectivity index (χ1v) is 10.8. The summed E-state index contributed by atoms with van der Waals surface area (Å²) < 4.78 is 53.5. The Balaban J connectivity index is 1.50. The normalized spacial score (nSPS) is 19.4. The largest absolute Gasteiger partial charge is 0.416 e. The highest BCUT2D eigenvalue weighted by atomic mass is 32.2. The fraction of sp³-hybridized carbons (Fsp3) is 0.500. The lowest BCUT2D eigenvalue weighted by Gasteiger charge is -2.25. The molecule has 2 aromatic rings. The highest BCUT2D eigenvalue weighted by molar-refractivity contribution is 8.00. The average Bonchev–Trinajstić information content (AvgIpc) is 3.40. The van der Waals surface area contributed by atoms with Gasteiger partial charge in [0.15, 0.2) is 11.6 Å². The molecule has 29 heavy (non-hydrogen) atoms. The lowest BCUT2D eigenvalue weighted by atomic mass is 10.1. The first kappa shape index (κ1) is 20.3. The van der Waals surface area contributed by atoms with Crippen LogP contribution < -0.4 is 10.2 Å². The molecule has 0 radical (unpaired) electrons. The molecule has 1 atom stereocenters. The van der Waals surface area contributed by atoms with E-state index in [9.17, 15) is 13.2 Å². The Morgan fingerprint density at radius 3 is 2.48 bits per heavy atom. The summed E-state index contributed by atoms with van der Waals surface area (Å²) in [5.41, 5.74) is -0.0107. The molecule has 0 spiro atoms. The van der Waals surface area contributed by atoms with Gasteiger partial charge < -0.3 is 10.2 Å². The van der Waals surface area contributed by atoms with E-state index < -0.39 is 17.6 Å². The summed E-state index contributed by atoms with van der Waals surface area (Å²) in [5.74, 6) is 1.01. The van der Waals surface area contributed by atoms with Crippen molar-refractivity contribution in [2.45, 2.75) is 49.7 Å².